The minimum Gasteiger partial charge on any atom is -0.352 e. The van der Waals surface area contributed by atoms with Crippen molar-refractivity contribution in [1.82, 2.24) is 26.1 Å². The molecule has 2 amide bonds. The van der Waals surface area contributed by atoms with Crippen LogP contribution in [-0.2, 0) is 21.5 Å². The number of aryl methyl sites for hydroxylation is 1. The van der Waals surface area contributed by atoms with E-state index in [2.05, 4.69) is 26.1 Å². The van der Waals surface area contributed by atoms with Crippen LogP contribution in [0.15, 0.2) is 4.52 Å². The van der Waals surface area contributed by atoms with Crippen LogP contribution in [0.5, 0.6) is 0 Å². The number of amides is 2. The van der Waals surface area contributed by atoms with Gasteiger partial charge in [-0.2, -0.15) is 4.98 Å². The van der Waals surface area contributed by atoms with E-state index in [0.717, 1.165) is 64.5 Å². The van der Waals surface area contributed by atoms with Crippen molar-refractivity contribution >= 4 is 24.2 Å². The molecule has 158 valence electrons. The van der Waals surface area contributed by atoms with E-state index >= 15 is 0 Å². The highest BCUT2D eigenvalue weighted by atomic mass is 35.5. The van der Waals surface area contributed by atoms with Crippen molar-refractivity contribution in [3.63, 3.8) is 0 Å². The molecular weight excluding hydrogens is 382 g/mol. The highest BCUT2D eigenvalue weighted by molar-refractivity contribution is 5.85. The third kappa shape index (κ3) is 6.17. The lowest BCUT2D eigenvalue weighted by molar-refractivity contribution is -0.122. The summed E-state index contributed by atoms with van der Waals surface area (Å²) in [6.45, 7) is 3.38. The van der Waals surface area contributed by atoms with Crippen LogP contribution in [0.2, 0.25) is 0 Å². The monoisotopic (exact) mass is 413 g/mol. The largest absolute Gasteiger partial charge is 0.352 e. The van der Waals surface area contributed by atoms with Crippen LogP contribution >= 0.6 is 12.4 Å². The molecule has 1 aromatic heterocycles. The Labute approximate surface area is 172 Å². The number of nitrogens with one attached hydrogen (secondary N) is 3. The highest BCUT2D eigenvalue weighted by Crippen LogP contribution is 2.34. The van der Waals surface area contributed by atoms with Crippen molar-refractivity contribution in [2.75, 3.05) is 13.1 Å². The number of rotatable bonds is 6. The Balaban J connectivity index is 0.00000280. The van der Waals surface area contributed by atoms with Crippen LogP contribution in [0.4, 0.5) is 0 Å². The van der Waals surface area contributed by atoms with Gasteiger partial charge in [-0.25, -0.2) is 0 Å². The van der Waals surface area contributed by atoms with Crippen molar-refractivity contribution in [3.8, 4) is 0 Å². The van der Waals surface area contributed by atoms with Crippen molar-refractivity contribution in [2.45, 2.75) is 82.7 Å². The first kappa shape index (κ1) is 22.6. The summed E-state index contributed by atoms with van der Waals surface area (Å²) >= 11 is 0. The molecule has 9 heteroatoms. The molecule has 1 aliphatic carbocycles. The number of hydrogen-bond acceptors (Lipinski definition) is 6. The second-order valence-electron chi connectivity index (χ2n) is 7.80. The molecule has 1 aromatic rings. The predicted octanol–water partition coefficient (Wildman–Crippen LogP) is 1.98. The summed E-state index contributed by atoms with van der Waals surface area (Å²) in [4.78, 5) is 28.5. The van der Waals surface area contributed by atoms with Gasteiger partial charge in [0.1, 0.15) is 5.54 Å². The zero-order valence-electron chi connectivity index (χ0n) is 16.6. The van der Waals surface area contributed by atoms with Gasteiger partial charge in [-0.1, -0.05) is 30.8 Å². The van der Waals surface area contributed by atoms with Gasteiger partial charge >= 0.3 is 0 Å². The number of carbonyl (C=O) groups is 2. The average Bonchev–Trinajstić information content (AvgIpc) is 3.01. The molecule has 0 spiro atoms. The Hall–Kier alpha value is -1.67. The number of halogens is 1. The van der Waals surface area contributed by atoms with Crippen LogP contribution in [0.3, 0.4) is 0 Å². The first-order valence-electron chi connectivity index (χ1n) is 10.2. The fraction of sp³-hybridized carbons (Fsp3) is 0.789. The molecule has 0 aromatic carbocycles. The minimum absolute atomic E-state index is 0. The normalized spacial score (nSPS) is 21.8. The number of nitrogens with zero attached hydrogens (tertiary/aromatic N) is 2. The summed E-state index contributed by atoms with van der Waals surface area (Å²) in [5.41, 5.74) is -0.542. The van der Waals surface area contributed by atoms with Crippen LogP contribution in [-0.4, -0.2) is 41.1 Å². The van der Waals surface area contributed by atoms with E-state index < -0.39 is 5.54 Å². The maximum Gasteiger partial charge on any atom is 0.227 e. The molecule has 2 fully saturated rings. The third-order valence-corrected chi connectivity index (χ3v) is 5.50. The summed E-state index contributed by atoms with van der Waals surface area (Å²) in [5.74, 6) is 0.931. The number of aromatic nitrogens is 2. The van der Waals surface area contributed by atoms with Gasteiger partial charge in [-0.15, -0.1) is 12.4 Å². The second-order valence-corrected chi connectivity index (χ2v) is 7.80. The van der Waals surface area contributed by atoms with Gasteiger partial charge in [0.05, 0.1) is 0 Å². The maximum atomic E-state index is 12.2. The summed E-state index contributed by atoms with van der Waals surface area (Å²) in [6.07, 6.45) is 8.85. The van der Waals surface area contributed by atoms with Crippen molar-refractivity contribution in [3.05, 3.63) is 11.7 Å². The molecule has 1 aliphatic heterocycles. The fourth-order valence-corrected chi connectivity index (χ4v) is 4.12. The molecular formula is C19H32ClN5O3. The lowest BCUT2D eigenvalue weighted by Crippen LogP contribution is -2.45. The van der Waals surface area contributed by atoms with Gasteiger partial charge in [-0.05, 0) is 32.2 Å². The molecule has 0 bridgehead atoms. The lowest BCUT2D eigenvalue weighted by atomic mass is 9.89. The quantitative estimate of drug-likeness (QED) is 0.615. The number of carbonyl (C=O) groups excluding carboxylic acids is 2. The van der Waals surface area contributed by atoms with E-state index in [0.29, 0.717) is 24.6 Å². The van der Waals surface area contributed by atoms with Gasteiger partial charge in [0.2, 0.25) is 17.7 Å². The minimum atomic E-state index is -0.542. The molecule has 2 heterocycles. The molecule has 3 rings (SSSR count). The smallest absolute Gasteiger partial charge is 0.227 e. The lowest BCUT2D eigenvalue weighted by Gasteiger charge is -2.30. The van der Waals surface area contributed by atoms with Gasteiger partial charge in [0, 0.05) is 32.4 Å². The van der Waals surface area contributed by atoms with Crippen LogP contribution < -0.4 is 16.0 Å². The summed E-state index contributed by atoms with van der Waals surface area (Å²) in [5, 5.41) is 13.6. The molecule has 2 aliphatic rings. The van der Waals surface area contributed by atoms with Crippen molar-refractivity contribution in [1.29, 1.82) is 0 Å². The third-order valence-electron chi connectivity index (χ3n) is 5.50. The molecule has 8 nitrogen and oxygen atoms in total. The van der Waals surface area contributed by atoms with Crippen LogP contribution in [0.25, 0.3) is 0 Å². The van der Waals surface area contributed by atoms with E-state index in [4.69, 9.17) is 4.52 Å². The van der Waals surface area contributed by atoms with Crippen molar-refractivity contribution < 1.29 is 14.1 Å². The first-order chi connectivity index (χ1) is 13.1. The standard InChI is InChI=1S/C19H31N5O3.ClH/c1-14(25)23-19(10-4-2-3-5-11-19)18-22-17(27-24-18)9-8-16(26)21-15-7-6-12-20-13-15;/h15,20H,2-13H2,1H3,(H,21,26)(H,23,25);1H/t15-;/m0./s1. The zero-order chi connectivity index (χ0) is 19.1. The van der Waals surface area contributed by atoms with Gasteiger partial charge in [-0.3, -0.25) is 9.59 Å². The predicted molar refractivity (Wildman–Crippen MR) is 107 cm³/mol. The van der Waals surface area contributed by atoms with Crippen molar-refractivity contribution in [2.24, 2.45) is 0 Å². The summed E-state index contributed by atoms with van der Waals surface area (Å²) in [6, 6.07) is 0.207. The maximum absolute atomic E-state index is 12.2. The molecule has 0 unspecified atom stereocenters. The SMILES string of the molecule is CC(=O)NC1(c2noc(CCC(=O)N[C@H]3CCCNC3)n2)CCCCCC1.Cl. The Bertz CT molecular complexity index is 637. The van der Waals surface area contributed by atoms with Crippen LogP contribution in [0.1, 0.15) is 76.4 Å². The Kier molecular flexibility index (Phi) is 8.69. The first-order valence-corrected chi connectivity index (χ1v) is 10.2. The topological polar surface area (TPSA) is 109 Å². The second kappa shape index (κ2) is 10.8. The average molecular weight is 414 g/mol. The van der Waals surface area contributed by atoms with E-state index in [1.54, 1.807) is 0 Å². The van der Waals surface area contributed by atoms with Gasteiger partial charge in [0.25, 0.3) is 0 Å². The van der Waals surface area contributed by atoms with E-state index in [1.165, 1.54) is 6.92 Å². The highest BCUT2D eigenvalue weighted by Gasteiger charge is 2.38. The molecule has 0 radical (unpaired) electrons. The van der Waals surface area contributed by atoms with E-state index in [1.807, 2.05) is 0 Å². The van der Waals surface area contributed by atoms with E-state index in [-0.39, 0.29) is 30.3 Å². The molecule has 28 heavy (non-hydrogen) atoms. The number of hydrogen-bond donors (Lipinski definition) is 3. The Morgan fingerprint density at radius 3 is 2.61 bits per heavy atom. The molecule has 1 saturated heterocycles. The Morgan fingerprint density at radius 1 is 1.21 bits per heavy atom. The molecule has 1 saturated carbocycles. The van der Waals surface area contributed by atoms with Gasteiger partial charge in [0.15, 0.2) is 5.82 Å². The van der Waals surface area contributed by atoms with Crippen LogP contribution in [0, 0.1) is 0 Å². The zero-order valence-corrected chi connectivity index (χ0v) is 17.4. The van der Waals surface area contributed by atoms with Gasteiger partial charge < -0.3 is 20.5 Å². The summed E-state index contributed by atoms with van der Waals surface area (Å²) < 4.78 is 5.40. The molecule has 3 N–H and O–H groups in total. The summed E-state index contributed by atoms with van der Waals surface area (Å²) in [7, 11) is 0. The van der Waals surface area contributed by atoms with E-state index in [9.17, 15) is 9.59 Å². The fourth-order valence-electron chi connectivity index (χ4n) is 4.12. The Morgan fingerprint density at radius 2 is 1.96 bits per heavy atom. The number of piperidine rings is 1. The molecule has 1 atom stereocenters.